The Labute approximate surface area is 108 Å². The summed E-state index contributed by atoms with van der Waals surface area (Å²) in [5.74, 6) is 1.25. The van der Waals surface area contributed by atoms with Gasteiger partial charge in [0, 0.05) is 12.2 Å². The van der Waals surface area contributed by atoms with Crippen LogP contribution in [-0.4, -0.2) is 38.7 Å². The van der Waals surface area contributed by atoms with Crippen molar-refractivity contribution in [1.82, 2.24) is 14.9 Å². The molecule has 0 spiro atoms. The van der Waals surface area contributed by atoms with Gasteiger partial charge >= 0.3 is 0 Å². The first kappa shape index (κ1) is 13.2. The average Bonchev–Trinajstić information content (AvgIpc) is 2.38. The minimum atomic E-state index is -0.258. The van der Waals surface area contributed by atoms with Gasteiger partial charge in [-0.05, 0) is 31.9 Å². The van der Waals surface area contributed by atoms with Crippen LogP contribution in [0.4, 0.5) is 5.82 Å². The minimum absolute atomic E-state index is 0.230. The van der Waals surface area contributed by atoms with Gasteiger partial charge in [0.1, 0.15) is 11.6 Å². The lowest BCUT2D eigenvalue weighted by Crippen LogP contribution is -2.46. The molecular weight excluding hydrogens is 228 g/mol. The van der Waals surface area contributed by atoms with Crippen LogP contribution in [0.25, 0.3) is 0 Å². The van der Waals surface area contributed by atoms with Gasteiger partial charge in [-0.2, -0.15) is 0 Å². The van der Waals surface area contributed by atoms with Crippen molar-refractivity contribution in [3.63, 3.8) is 0 Å². The van der Waals surface area contributed by atoms with E-state index in [9.17, 15) is 5.11 Å². The molecular formula is C13H22N4O. The highest BCUT2D eigenvalue weighted by atomic mass is 16.3. The Kier molecular flexibility index (Phi) is 4.49. The van der Waals surface area contributed by atoms with Gasteiger partial charge in [0.05, 0.1) is 12.6 Å². The van der Waals surface area contributed by atoms with Crippen LogP contribution in [0.2, 0.25) is 0 Å². The van der Waals surface area contributed by atoms with Crippen molar-refractivity contribution >= 4 is 5.82 Å². The van der Waals surface area contributed by atoms with Crippen LogP contribution >= 0.6 is 0 Å². The SMILES string of the molecule is CCC(O)C1CCCCN1Cc1nccc(N)n1. The van der Waals surface area contributed by atoms with Gasteiger partial charge in [-0.25, -0.2) is 9.97 Å². The Hall–Kier alpha value is -1.20. The second-order valence-electron chi connectivity index (χ2n) is 4.91. The van der Waals surface area contributed by atoms with E-state index in [1.165, 1.54) is 12.8 Å². The standard InChI is InChI=1S/C13H22N4O/c1-2-11(18)10-5-3-4-8-17(10)9-13-15-7-6-12(14)16-13/h6-7,10-11,18H,2-5,8-9H2,1H3,(H2,14,15,16). The predicted molar refractivity (Wildman–Crippen MR) is 70.8 cm³/mol. The van der Waals surface area contributed by atoms with E-state index in [4.69, 9.17) is 5.73 Å². The number of nitrogens with zero attached hydrogens (tertiary/aromatic N) is 3. The van der Waals surface area contributed by atoms with Crippen molar-refractivity contribution in [3.05, 3.63) is 18.1 Å². The Morgan fingerprint density at radius 1 is 1.56 bits per heavy atom. The Balaban J connectivity index is 2.05. The summed E-state index contributed by atoms with van der Waals surface area (Å²) in [6.07, 6.45) is 5.64. The predicted octanol–water partition coefficient (Wildman–Crippen LogP) is 1.18. The van der Waals surface area contributed by atoms with E-state index in [2.05, 4.69) is 14.9 Å². The summed E-state index contributed by atoms with van der Waals surface area (Å²) in [6, 6.07) is 1.92. The molecule has 1 aromatic rings. The molecule has 5 heteroatoms. The van der Waals surface area contributed by atoms with Gasteiger partial charge in [-0.3, -0.25) is 4.90 Å². The zero-order valence-corrected chi connectivity index (χ0v) is 10.9. The zero-order chi connectivity index (χ0) is 13.0. The van der Waals surface area contributed by atoms with Gasteiger partial charge in [0.25, 0.3) is 0 Å². The van der Waals surface area contributed by atoms with E-state index in [-0.39, 0.29) is 12.1 Å². The number of piperidine rings is 1. The number of nitrogen functional groups attached to an aromatic ring is 1. The number of aliphatic hydroxyl groups is 1. The normalized spacial score (nSPS) is 22.9. The molecule has 0 aromatic carbocycles. The maximum absolute atomic E-state index is 10.1. The van der Waals surface area contributed by atoms with Crippen LogP contribution in [0, 0.1) is 0 Å². The van der Waals surface area contributed by atoms with Gasteiger partial charge in [-0.1, -0.05) is 13.3 Å². The molecule has 0 radical (unpaired) electrons. The third-order valence-electron chi connectivity index (χ3n) is 3.60. The molecule has 0 amide bonds. The lowest BCUT2D eigenvalue weighted by Gasteiger charge is -2.37. The number of aliphatic hydroxyl groups excluding tert-OH is 1. The maximum Gasteiger partial charge on any atom is 0.144 e. The summed E-state index contributed by atoms with van der Waals surface area (Å²) in [5.41, 5.74) is 5.67. The largest absolute Gasteiger partial charge is 0.392 e. The third-order valence-corrected chi connectivity index (χ3v) is 3.60. The number of likely N-dealkylation sites (tertiary alicyclic amines) is 1. The fourth-order valence-electron chi connectivity index (χ4n) is 2.59. The maximum atomic E-state index is 10.1. The highest BCUT2D eigenvalue weighted by molar-refractivity contribution is 5.25. The molecule has 0 bridgehead atoms. The molecule has 3 N–H and O–H groups in total. The first-order valence-electron chi connectivity index (χ1n) is 6.70. The number of nitrogens with two attached hydrogens (primary N) is 1. The monoisotopic (exact) mass is 250 g/mol. The molecule has 1 saturated heterocycles. The van der Waals surface area contributed by atoms with Gasteiger partial charge in [0.15, 0.2) is 0 Å². The van der Waals surface area contributed by atoms with Crippen molar-refractivity contribution in [2.45, 2.75) is 51.3 Å². The number of rotatable bonds is 4. The molecule has 0 saturated carbocycles. The molecule has 18 heavy (non-hydrogen) atoms. The third kappa shape index (κ3) is 3.17. The summed E-state index contributed by atoms with van der Waals surface area (Å²) in [5, 5.41) is 10.1. The molecule has 2 heterocycles. The quantitative estimate of drug-likeness (QED) is 0.839. The van der Waals surface area contributed by atoms with Crippen LogP contribution < -0.4 is 5.73 Å². The second kappa shape index (κ2) is 6.11. The molecule has 2 atom stereocenters. The molecule has 0 aliphatic carbocycles. The lowest BCUT2D eigenvalue weighted by molar-refractivity contribution is 0.0182. The first-order chi connectivity index (χ1) is 8.70. The summed E-state index contributed by atoms with van der Waals surface area (Å²) in [6.45, 7) is 3.70. The molecule has 1 aliphatic heterocycles. The van der Waals surface area contributed by atoms with E-state index in [1.54, 1.807) is 12.3 Å². The summed E-state index contributed by atoms with van der Waals surface area (Å²) >= 11 is 0. The van der Waals surface area contributed by atoms with Crippen molar-refractivity contribution in [1.29, 1.82) is 0 Å². The Bertz CT molecular complexity index is 385. The molecule has 1 aliphatic rings. The van der Waals surface area contributed by atoms with E-state index in [0.29, 0.717) is 12.4 Å². The lowest BCUT2D eigenvalue weighted by atomic mass is 9.96. The summed E-state index contributed by atoms with van der Waals surface area (Å²) in [7, 11) is 0. The van der Waals surface area contributed by atoms with Crippen LogP contribution in [0.1, 0.15) is 38.4 Å². The molecule has 100 valence electrons. The van der Waals surface area contributed by atoms with Crippen molar-refractivity contribution in [2.24, 2.45) is 0 Å². The second-order valence-corrected chi connectivity index (χ2v) is 4.91. The van der Waals surface area contributed by atoms with Crippen LogP contribution in [0.5, 0.6) is 0 Å². The van der Waals surface area contributed by atoms with Crippen molar-refractivity contribution in [3.8, 4) is 0 Å². The average molecular weight is 250 g/mol. The highest BCUT2D eigenvalue weighted by Gasteiger charge is 2.28. The zero-order valence-electron chi connectivity index (χ0n) is 10.9. The summed E-state index contributed by atoms with van der Waals surface area (Å²) < 4.78 is 0. The first-order valence-corrected chi connectivity index (χ1v) is 6.70. The van der Waals surface area contributed by atoms with Gasteiger partial charge in [0.2, 0.25) is 0 Å². The summed E-state index contributed by atoms with van der Waals surface area (Å²) in [4.78, 5) is 10.8. The number of hydrogen-bond donors (Lipinski definition) is 2. The number of aromatic nitrogens is 2. The topological polar surface area (TPSA) is 75.3 Å². The highest BCUT2D eigenvalue weighted by Crippen LogP contribution is 2.22. The molecule has 1 aromatic heterocycles. The fourth-order valence-corrected chi connectivity index (χ4v) is 2.59. The number of hydrogen-bond acceptors (Lipinski definition) is 5. The Morgan fingerprint density at radius 3 is 3.11 bits per heavy atom. The van der Waals surface area contributed by atoms with E-state index >= 15 is 0 Å². The fraction of sp³-hybridized carbons (Fsp3) is 0.692. The van der Waals surface area contributed by atoms with Gasteiger partial charge in [-0.15, -0.1) is 0 Å². The van der Waals surface area contributed by atoms with Crippen LogP contribution in [-0.2, 0) is 6.54 Å². The molecule has 2 rings (SSSR count). The minimum Gasteiger partial charge on any atom is -0.392 e. The van der Waals surface area contributed by atoms with Crippen LogP contribution in [0.3, 0.4) is 0 Å². The molecule has 5 nitrogen and oxygen atoms in total. The van der Waals surface area contributed by atoms with Gasteiger partial charge < -0.3 is 10.8 Å². The number of anilines is 1. The Morgan fingerprint density at radius 2 is 2.39 bits per heavy atom. The van der Waals surface area contributed by atoms with E-state index in [0.717, 1.165) is 25.2 Å². The van der Waals surface area contributed by atoms with Crippen molar-refractivity contribution in [2.75, 3.05) is 12.3 Å². The van der Waals surface area contributed by atoms with Crippen LogP contribution in [0.15, 0.2) is 12.3 Å². The van der Waals surface area contributed by atoms with Crippen molar-refractivity contribution < 1.29 is 5.11 Å². The molecule has 2 unspecified atom stereocenters. The molecule has 1 fully saturated rings. The smallest absolute Gasteiger partial charge is 0.144 e. The van der Waals surface area contributed by atoms with E-state index < -0.39 is 0 Å². The van der Waals surface area contributed by atoms with E-state index in [1.807, 2.05) is 6.92 Å².